The van der Waals surface area contributed by atoms with Crippen LogP contribution in [0.5, 0.6) is 5.75 Å². The first-order valence-electron chi connectivity index (χ1n) is 3.87. The van der Waals surface area contributed by atoms with Crippen molar-refractivity contribution in [2.45, 2.75) is 0 Å². The number of hydroxylamine groups is 2. The molecule has 1 aromatic carbocycles. The van der Waals surface area contributed by atoms with Crippen LogP contribution >= 0.6 is 22.6 Å². The van der Waals surface area contributed by atoms with E-state index in [0.717, 1.165) is 5.06 Å². The van der Waals surface area contributed by atoms with Crippen molar-refractivity contribution in [3.63, 3.8) is 0 Å². The van der Waals surface area contributed by atoms with Crippen molar-refractivity contribution in [1.29, 1.82) is 0 Å². The predicted octanol–water partition coefficient (Wildman–Crippen LogP) is 1.63. The number of rotatable bonds is 2. The fraction of sp³-hybridized carbons (Fsp3) is 0.222. The molecular weight excluding hydrogens is 297 g/mol. The monoisotopic (exact) mass is 307 g/mol. The Bertz CT molecular complexity index is 354. The summed E-state index contributed by atoms with van der Waals surface area (Å²) in [6.45, 7) is 0. The number of halogens is 1. The molecule has 0 aliphatic heterocycles. The molecule has 0 radical (unpaired) electrons. The first-order valence-corrected chi connectivity index (χ1v) is 4.95. The Balaban J connectivity index is 2.97. The molecule has 1 amide bonds. The summed E-state index contributed by atoms with van der Waals surface area (Å²) in [5.74, 6) is -0.194. The van der Waals surface area contributed by atoms with Crippen LogP contribution in [0.3, 0.4) is 0 Å². The Hall–Kier alpha value is -0.820. The van der Waals surface area contributed by atoms with Gasteiger partial charge in [-0.25, -0.2) is 5.06 Å². The van der Waals surface area contributed by atoms with E-state index in [9.17, 15) is 9.90 Å². The molecular formula is C9H10INO3. The number of carbonyl (C=O) groups excluding carboxylic acids is 1. The van der Waals surface area contributed by atoms with E-state index >= 15 is 0 Å². The van der Waals surface area contributed by atoms with Crippen molar-refractivity contribution in [3.05, 3.63) is 27.3 Å². The lowest BCUT2D eigenvalue weighted by Crippen LogP contribution is -2.25. The highest BCUT2D eigenvalue weighted by Gasteiger charge is 2.12. The van der Waals surface area contributed by atoms with Gasteiger partial charge in [-0.2, -0.15) is 0 Å². The Labute approximate surface area is 95.6 Å². The van der Waals surface area contributed by atoms with Gasteiger partial charge >= 0.3 is 0 Å². The molecule has 0 atom stereocenters. The molecule has 1 aromatic rings. The van der Waals surface area contributed by atoms with Crippen molar-refractivity contribution < 1.29 is 14.7 Å². The summed E-state index contributed by atoms with van der Waals surface area (Å²) in [4.78, 5) is 16.3. The van der Waals surface area contributed by atoms with E-state index in [4.69, 9.17) is 4.84 Å². The van der Waals surface area contributed by atoms with Gasteiger partial charge in [0.25, 0.3) is 5.91 Å². The Morgan fingerprint density at radius 1 is 1.57 bits per heavy atom. The second-order valence-corrected chi connectivity index (χ2v) is 3.81. The summed E-state index contributed by atoms with van der Waals surface area (Å²) in [6, 6.07) is 4.73. The van der Waals surface area contributed by atoms with Gasteiger partial charge in [-0.15, -0.1) is 0 Å². The summed E-state index contributed by atoms with van der Waals surface area (Å²) in [5, 5.41) is 10.5. The smallest absolute Gasteiger partial charge is 0.277 e. The molecule has 5 heteroatoms. The molecule has 0 bridgehead atoms. The van der Waals surface area contributed by atoms with Gasteiger partial charge in [-0.1, -0.05) is 0 Å². The van der Waals surface area contributed by atoms with Crippen LogP contribution < -0.4 is 0 Å². The molecule has 0 aliphatic carbocycles. The number of phenols is 1. The van der Waals surface area contributed by atoms with E-state index in [1.165, 1.54) is 20.2 Å². The van der Waals surface area contributed by atoms with Gasteiger partial charge in [0.1, 0.15) is 5.75 Å². The lowest BCUT2D eigenvalue weighted by molar-refractivity contribution is -0.0757. The number of phenolic OH excluding ortho intramolecular Hbond substituents is 1. The molecule has 0 unspecified atom stereocenters. The maximum absolute atomic E-state index is 11.5. The number of aromatic hydroxyl groups is 1. The maximum Gasteiger partial charge on any atom is 0.277 e. The van der Waals surface area contributed by atoms with Gasteiger partial charge in [0, 0.05) is 12.6 Å². The number of amides is 1. The molecule has 0 saturated carbocycles. The van der Waals surface area contributed by atoms with Crippen LogP contribution in [0.4, 0.5) is 0 Å². The van der Waals surface area contributed by atoms with E-state index in [1.54, 1.807) is 12.1 Å². The van der Waals surface area contributed by atoms with Crippen LogP contribution in [0.15, 0.2) is 18.2 Å². The van der Waals surface area contributed by atoms with Crippen molar-refractivity contribution in [1.82, 2.24) is 5.06 Å². The summed E-state index contributed by atoms with van der Waals surface area (Å²) in [7, 11) is 2.92. The normalized spacial score (nSPS) is 9.93. The standard InChI is InChI=1S/C9H10INO3/c1-11(14-2)9(13)6-3-4-7(10)8(12)5-6/h3-5,12H,1-2H3. The predicted molar refractivity (Wildman–Crippen MR) is 59.9 cm³/mol. The largest absolute Gasteiger partial charge is 0.507 e. The second kappa shape index (κ2) is 4.61. The molecule has 1 rings (SSSR count). The molecule has 0 saturated heterocycles. The first kappa shape index (κ1) is 11.3. The third-order valence-corrected chi connectivity index (χ3v) is 2.67. The number of carbonyl (C=O) groups is 1. The van der Waals surface area contributed by atoms with Gasteiger partial charge in [0.05, 0.1) is 10.7 Å². The van der Waals surface area contributed by atoms with E-state index < -0.39 is 0 Å². The molecule has 0 aromatic heterocycles. The third-order valence-electron chi connectivity index (χ3n) is 1.75. The van der Waals surface area contributed by atoms with Crippen molar-refractivity contribution in [3.8, 4) is 5.75 Å². The van der Waals surface area contributed by atoms with Crippen LogP contribution in [0, 0.1) is 3.57 Å². The van der Waals surface area contributed by atoms with Crippen LogP contribution in [-0.2, 0) is 4.84 Å². The zero-order valence-corrected chi connectivity index (χ0v) is 9.98. The third kappa shape index (κ3) is 2.36. The number of hydrogen-bond donors (Lipinski definition) is 1. The summed E-state index contributed by atoms with van der Waals surface area (Å²) in [5.41, 5.74) is 0.396. The number of hydrogen-bond acceptors (Lipinski definition) is 3. The highest BCUT2D eigenvalue weighted by molar-refractivity contribution is 14.1. The van der Waals surface area contributed by atoms with Crippen molar-refractivity contribution in [2.75, 3.05) is 14.2 Å². The van der Waals surface area contributed by atoms with Gasteiger partial charge in [0.15, 0.2) is 0 Å². The van der Waals surface area contributed by atoms with E-state index in [2.05, 4.69) is 0 Å². The molecule has 0 fully saturated rings. The van der Waals surface area contributed by atoms with E-state index in [0.29, 0.717) is 9.13 Å². The second-order valence-electron chi connectivity index (χ2n) is 2.65. The average Bonchev–Trinajstić information content (AvgIpc) is 2.20. The van der Waals surface area contributed by atoms with Gasteiger partial charge in [-0.05, 0) is 40.8 Å². The topological polar surface area (TPSA) is 49.8 Å². The highest BCUT2D eigenvalue weighted by atomic mass is 127. The minimum absolute atomic E-state index is 0.0981. The molecule has 4 nitrogen and oxygen atoms in total. The van der Waals surface area contributed by atoms with Crippen LogP contribution in [0.1, 0.15) is 10.4 Å². The minimum atomic E-state index is -0.292. The van der Waals surface area contributed by atoms with E-state index in [1.807, 2.05) is 22.6 Å². The van der Waals surface area contributed by atoms with Crippen molar-refractivity contribution >= 4 is 28.5 Å². The maximum atomic E-state index is 11.5. The SMILES string of the molecule is CON(C)C(=O)c1ccc(I)c(O)c1. The van der Waals surface area contributed by atoms with Gasteiger partial charge in [-0.3, -0.25) is 9.63 Å². The Morgan fingerprint density at radius 2 is 2.21 bits per heavy atom. The summed E-state index contributed by atoms with van der Waals surface area (Å²) in [6.07, 6.45) is 0. The van der Waals surface area contributed by atoms with Gasteiger partial charge < -0.3 is 5.11 Å². The fourth-order valence-electron chi connectivity index (χ4n) is 0.910. The zero-order valence-electron chi connectivity index (χ0n) is 7.82. The number of benzene rings is 1. The quantitative estimate of drug-likeness (QED) is 0.667. The zero-order chi connectivity index (χ0) is 10.7. The summed E-state index contributed by atoms with van der Waals surface area (Å²) >= 11 is 1.98. The van der Waals surface area contributed by atoms with E-state index in [-0.39, 0.29) is 11.7 Å². The van der Waals surface area contributed by atoms with Gasteiger partial charge in [0.2, 0.25) is 0 Å². The van der Waals surface area contributed by atoms with Crippen molar-refractivity contribution in [2.24, 2.45) is 0 Å². The lowest BCUT2D eigenvalue weighted by Gasteiger charge is -2.13. The molecule has 0 heterocycles. The summed E-state index contributed by atoms with van der Waals surface area (Å²) < 4.78 is 0.708. The first-order chi connectivity index (χ1) is 6.56. The van der Waals surface area contributed by atoms with Crippen LogP contribution in [0.2, 0.25) is 0 Å². The molecule has 0 spiro atoms. The molecule has 14 heavy (non-hydrogen) atoms. The molecule has 0 aliphatic rings. The Kier molecular flexibility index (Phi) is 3.70. The van der Waals surface area contributed by atoms with Crippen LogP contribution in [-0.4, -0.2) is 30.2 Å². The lowest BCUT2D eigenvalue weighted by atomic mass is 10.2. The van der Waals surface area contributed by atoms with Crippen LogP contribution in [0.25, 0.3) is 0 Å². The highest BCUT2D eigenvalue weighted by Crippen LogP contribution is 2.20. The Morgan fingerprint density at radius 3 is 2.71 bits per heavy atom. The average molecular weight is 307 g/mol. The number of nitrogens with zero attached hydrogens (tertiary/aromatic N) is 1. The minimum Gasteiger partial charge on any atom is -0.507 e. The molecule has 1 N–H and O–H groups in total. The molecule has 76 valence electrons. The fourth-order valence-corrected chi connectivity index (χ4v) is 1.25.